The number of rotatable bonds is 3. The lowest BCUT2D eigenvalue weighted by atomic mass is 10.1. The van der Waals surface area contributed by atoms with Gasteiger partial charge in [0.1, 0.15) is 5.75 Å². The zero-order valence-electron chi connectivity index (χ0n) is 7.46. The van der Waals surface area contributed by atoms with Crippen LogP contribution in [0.1, 0.15) is 11.6 Å². The van der Waals surface area contributed by atoms with Gasteiger partial charge in [-0.05, 0) is 22.0 Å². The summed E-state index contributed by atoms with van der Waals surface area (Å²) in [6.45, 7) is 3.65. The summed E-state index contributed by atoms with van der Waals surface area (Å²) >= 11 is 3.39. The largest absolute Gasteiger partial charge is 0.495 e. The molecule has 0 aliphatic heterocycles. The van der Waals surface area contributed by atoms with Gasteiger partial charge in [0.05, 0.1) is 17.6 Å². The molecule has 0 amide bonds. The number of para-hydroxylation sites is 1. The Morgan fingerprint density at radius 1 is 1.62 bits per heavy atom. The van der Waals surface area contributed by atoms with Crippen molar-refractivity contribution < 1.29 is 4.74 Å². The summed E-state index contributed by atoms with van der Waals surface area (Å²) in [6, 6.07) is 5.58. The zero-order chi connectivity index (χ0) is 9.84. The molecule has 2 N–H and O–H groups in total. The molecule has 0 spiro atoms. The molecule has 0 saturated heterocycles. The Hall–Kier alpha value is -0.800. The van der Waals surface area contributed by atoms with E-state index in [1.807, 2.05) is 18.2 Å². The molecule has 1 aromatic carbocycles. The zero-order valence-corrected chi connectivity index (χ0v) is 9.04. The summed E-state index contributed by atoms with van der Waals surface area (Å²) in [4.78, 5) is 0. The SMILES string of the molecule is C=C[C@@H](N)c1cccc(Br)c1OC. The van der Waals surface area contributed by atoms with E-state index in [2.05, 4.69) is 22.5 Å². The molecule has 0 bridgehead atoms. The van der Waals surface area contributed by atoms with Crippen molar-refractivity contribution in [1.29, 1.82) is 0 Å². The first-order valence-corrected chi connectivity index (χ1v) is 4.70. The minimum absolute atomic E-state index is 0.188. The minimum Gasteiger partial charge on any atom is -0.495 e. The first-order chi connectivity index (χ1) is 6.20. The van der Waals surface area contributed by atoms with Crippen LogP contribution in [0.15, 0.2) is 35.3 Å². The molecule has 1 rings (SSSR count). The van der Waals surface area contributed by atoms with Gasteiger partial charge < -0.3 is 10.5 Å². The first kappa shape index (κ1) is 10.3. The average molecular weight is 242 g/mol. The molecule has 0 saturated carbocycles. The Morgan fingerprint density at radius 2 is 2.31 bits per heavy atom. The van der Waals surface area contributed by atoms with Crippen molar-refractivity contribution in [2.24, 2.45) is 5.73 Å². The van der Waals surface area contributed by atoms with Gasteiger partial charge in [-0.25, -0.2) is 0 Å². The molecule has 3 heteroatoms. The highest BCUT2D eigenvalue weighted by atomic mass is 79.9. The molecular weight excluding hydrogens is 230 g/mol. The monoisotopic (exact) mass is 241 g/mol. The summed E-state index contributed by atoms with van der Waals surface area (Å²) in [5.41, 5.74) is 6.76. The first-order valence-electron chi connectivity index (χ1n) is 3.91. The van der Waals surface area contributed by atoms with Crippen molar-refractivity contribution in [3.05, 3.63) is 40.9 Å². The molecule has 2 nitrogen and oxygen atoms in total. The Balaban J connectivity index is 3.19. The van der Waals surface area contributed by atoms with Crippen molar-refractivity contribution in [2.45, 2.75) is 6.04 Å². The van der Waals surface area contributed by atoms with Gasteiger partial charge in [-0.3, -0.25) is 0 Å². The number of methoxy groups -OCH3 is 1. The lowest BCUT2D eigenvalue weighted by molar-refractivity contribution is 0.405. The van der Waals surface area contributed by atoms with E-state index in [1.165, 1.54) is 0 Å². The summed E-state index contributed by atoms with van der Waals surface area (Å²) < 4.78 is 6.13. The van der Waals surface area contributed by atoms with E-state index >= 15 is 0 Å². The third kappa shape index (κ3) is 2.11. The third-order valence-corrected chi connectivity index (χ3v) is 2.44. The molecule has 1 aromatic rings. The second-order valence-corrected chi connectivity index (χ2v) is 3.48. The van der Waals surface area contributed by atoms with E-state index < -0.39 is 0 Å². The molecule has 0 aliphatic carbocycles. The van der Waals surface area contributed by atoms with Crippen LogP contribution in [0, 0.1) is 0 Å². The Bertz CT molecular complexity index is 312. The number of benzene rings is 1. The molecule has 70 valence electrons. The van der Waals surface area contributed by atoms with Gasteiger partial charge in [0.2, 0.25) is 0 Å². The smallest absolute Gasteiger partial charge is 0.138 e. The van der Waals surface area contributed by atoms with Gasteiger partial charge >= 0.3 is 0 Å². The van der Waals surface area contributed by atoms with Crippen molar-refractivity contribution in [1.82, 2.24) is 0 Å². The second kappa shape index (κ2) is 4.44. The molecule has 1 atom stereocenters. The molecule has 0 radical (unpaired) electrons. The number of ether oxygens (including phenoxy) is 1. The third-order valence-electron chi connectivity index (χ3n) is 1.81. The predicted molar refractivity (Wildman–Crippen MR) is 57.8 cm³/mol. The van der Waals surface area contributed by atoms with Crippen LogP contribution in [-0.2, 0) is 0 Å². The van der Waals surface area contributed by atoms with Crippen LogP contribution >= 0.6 is 15.9 Å². The highest BCUT2D eigenvalue weighted by Crippen LogP contribution is 2.32. The summed E-state index contributed by atoms with van der Waals surface area (Å²) in [5.74, 6) is 0.773. The van der Waals surface area contributed by atoms with Gasteiger partial charge in [-0.15, -0.1) is 6.58 Å². The highest BCUT2D eigenvalue weighted by Gasteiger charge is 2.10. The molecular formula is C10H12BrNO. The highest BCUT2D eigenvalue weighted by molar-refractivity contribution is 9.10. The fourth-order valence-corrected chi connectivity index (χ4v) is 1.67. The minimum atomic E-state index is -0.188. The summed E-state index contributed by atoms with van der Waals surface area (Å²) in [7, 11) is 1.62. The molecule has 0 aromatic heterocycles. The fraction of sp³-hybridized carbons (Fsp3) is 0.200. The topological polar surface area (TPSA) is 35.2 Å². The molecule has 0 fully saturated rings. The van der Waals surface area contributed by atoms with Crippen LogP contribution in [0.2, 0.25) is 0 Å². The van der Waals surface area contributed by atoms with Crippen molar-refractivity contribution in [2.75, 3.05) is 7.11 Å². The van der Waals surface area contributed by atoms with Crippen LogP contribution in [0.25, 0.3) is 0 Å². The van der Waals surface area contributed by atoms with Gasteiger partial charge in [0.15, 0.2) is 0 Å². The van der Waals surface area contributed by atoms with Crippen molar-refractivity contribution in [3.8, 4) is 5.75 Å². The predicted octanol–water partition coefficient (Wildman–Crippen LogP) is 2.64. The summed E-state index contributed by atoms with van der Waals surface area (Å²) in [6.07, 6.45) is 1.68. The van der Waals surface area contributed by atoms with Crippen LogP contribution in [0.5, 0.6) is 5.75 Å². The van der Waals surface area contributed by atoms with Crippen molar-refractivity contribution in [3.63, 3.8) is 0 Å². The maximum atomic E-state index is 5.82. The molecule has 0 heterocycles. The molecule has 0 unspecified atom stereocenters. The van der Waals surface area contributed by atoms with E-state index in [0.29, 0.717) is 0 Å². The normalized spacial score (nSPS) is 12.2. The average Bonchev–Trinajstić information content (AvgIpc) is 2.16. The van der Waals surface area contributed by atoms with Crippen molar-refractivity contribution >= 4 is 15.9 Å². The lowest BCUT2D eigenvalue weighted by Crippen LogP contribution is -2.08. The quantitative estimate of drug-likeness (QED) is 0.827. The Labute approximate surface area is 86.5 Å². The Morgan fingerprint density at radius 3 is 2.85 bits per heavy atom. The number of nitrogens with two attached hydrogens (primary N) is 1. The van der Waals surface area contributed by atoms with Crippen LogP contribution in [0.3, 0.4) is 0 Å². The van der Waals surface area contributed by atoms with Crippen LogP contribution in [-0.4, -0.2) is 7.11 Å². The van der Waals surface area contributed by atoms with Gasteiger partial charge in [-0.2, -0.15) is 0 Å². The maximum Gasteiger partial charge on any atom is 0.138 e. The van der Waals surface area contributed by atoms with E-state index in [0.717, 1.165) is 15.8 Å². The second-order valence-electron chi connectivity index (χ2n) is 2.62. The fourth-order valence-electron chi connectivity index (χ4n) is 1.13. The van der Waals surface area contributed by atoms with Gasteiger partial charge in [0, 0.05) is 5.56 Å². The van der Waals surface area contributed by atoms with E-state index in [4.69, 9.17) is 10.5 Å². The van der Waals surface area contributed by atoms with Crippen LogP contribution < -0.4 is 10.5 Å². The maximum absolute atomic E-state index is 5.82. The van der Waals surface area contributed by atoms with E-state index in [9.17, 15) is 0 Å². The van der Waals surface area contributed by atoms with E-state index in [1.54, 1.807) is 13.2 Å². The van der Waals surface area contributed by atoms with Gasteiger partial charge in [-0.1, -0.05) is 18.2 Å². The summed E-state index contributed by atoms with van der Waals surface area (Å²) in [5, 5.41) is 0. The van der Waals surface area contributed by atoms with Gasteiger partial charge in [0.25, 0.3) is 0 Å². The van der Waals surface area contributed by atoms with E-state index in [-0.39, 0.29) is 6.04 Å². The number of hydrogen-bond acceptors (Lipinski definition) is 2. The number of halogens is 1. The molecule has 0 aliphatic rings. The standard InChI is InChI=1S/C10H12BrNO/c1-3-9(12)7-5-4-6-8(11)10(7)13-2/h3-6,9H,1,12H2,2H3/t9-/m1/s1. The Kier molecular flexibility index (Phi) is 3.51. The lowest BCUT2D eigenvalue weighted by Gasteiger charge is -2.13. The van der Waals surface area contributed by atoms with Crippen LogP contribution in [0.4, 0.5) is 0 Å². The molecule has 13 heavy (non-hydrogen) atoms. The number of hydrogen-bond donors (Lipinski definition) is 1.